The summed E-state index contributed by atoms with van der Waals surface area (Å²) < 4.78 is 30.2. The number of carbonyl (C=O) groups is 3. The first-order valence-electron chi connectivity index (χ1n) is 12.9. The largest absolute Gasteiger partial charge is 2.00 e. The molecule has 0 saturated heterocycles. The molecule has 0 radical (unpaired) electrons. The van der Waals surface area contributed by atoms with Crippen LogP contribution in [-0.4, -0.2) is 64.6 Å². The van der Waals surface area contributed by atoms with Crippen molar-refractivity contribution in [2.45, 2.75) is 19.3 Å². The molecular weight excluding hydrogens is 593 g/mol. The molecule has 13 heteroatoms. The van der Waals surface area contributed by atoms with Crippen LogP contribution in [0.15, 0.2) is 66.9 Å². The molecule has 3 aromatic carbocycles. The van der Waals surface area contributed by atoms with Crippen molar-refractivity contribution in [1.82, 2.24) is 4.98 Å². The van der Waals surface area contributed by atoms with Crippen molar-refractivity contribution >= 4 is 74.7 Å². The summed E-state index contributed by atoms with van der Waals surface area (Å²) in [6, 6.07) is 15.0. The third-order valence-corrected chi connectivity index (χ3v) is 6.99. The number of rotatable bonds is 11. The maximum atomic E-state index is 13.2. The number of carboxylic acid groups (broad SMARTS) is 1. The average Bonchev–Trinajstić information content (AvgIpc) is 3.78. The van der Waals surface area contributed by atoms with Crippen LogP contribution in [-0.2, 0) is 14.4 Å². The first-order valence-corrected chi connectivity index (χ1v) is 13.2. The van der Waals surface area contributed by atoms with Crippen LogP contribution >= 0.6 is 11.6 Å². The monoisotopic (exact) mass is 619 g/mol. The van der Waals surface area contributed by atoms with E-state index >= 15 is 0 Å². The SMILES string of the molecule is COc1cc2c(Oc3ccc(NC(=O)C4(C(=O)Nc5ccc(F)cc5)CC4)cc3Cl)ccnc2cc1OCCC(=O)O.[H-].[H-].[Mg+2]. The van der Waals surface area contributed by atoms with Gasteiger partial charge in [0.1, 0.15) is 22.7 Å². The van der Waals surface area contributed by atoms with Crippen molar-refractivity contribution < 1.29 is 40.9 Å². The zero-order valence-electron chi connectivity index (χ0n) is 25.0. The summed E-state index contributed by atoms with van der Waals surface area (Å²) in [5.41, 5.74) is 0.0735. The number of carboxylic acids is 1. The Labute approximate surface area is 269 Å². The van der Waals surface area contributed by atoms with Crippen LogP contribution in [0.3, 0.4) is 0 Å². The number of pyridine rings is 1. The van der Waals surface area contributed by atoms with E-state index in [1.54, 1.807) is 36.5 Å². The summed E-state index contributed by atoms with van der Waals surface area (Å²) >= 11 is 6.50. The Hall–Kier alpha value is -4.13. The van der Waals surface area contributed by atoms with Gasteiger partial charge in [-0.25, -0.2) is 4.39 Å². The molecule has 3 N–H and O–H groups in total. The van der Waals surface area contributed by atoms with E-state index in [1.807, 2.05) is 0 Å². The molecule has 220 valence electrons. The number of benzene rings is 3. The molecule has 1 saturated carbocycles. The molecule has 1 aromatic heterocycles. The fourth-order valence-electron chi connectivity index (χ4n) is 4.23. The van der Waals surface area contributed by atoms with Gasteiger partial charge in [0.25, 0.3) is 0 Å². The minimum atomic E-state index is -1.22. The second-order valence-corrected chi connectivity index (χ2v) is 9.97. The molecule has 10 nitrogen and oxygen atoms in total. The van der Waals surface area contributed by atoms with E-state index in [4.69, 9.17) is 30.9 Å². The molecule has 1 fully saturated rings. The summed E-state index contributed by atoms with van der Waals surface area (Å²) in [6.45, 7) is -0.0358. The number of nitrogens with zero attached hydrogens (tertiary/aromatic N) is 1. The number of nitrogens with one attached hydrogen (secondary N) is 2. The third-order valence-electron chi connectivity index (χ3n) is 6.69. The number of anilines is 2. The van der Waals surface area contributed by atoms with Crippen LogP contribution in [0.4, 0.5) is 15.8 Å². The van der Waals surface area contributed by atoms with Gasteiger partial charge in [-0.05, 0) is 67.4 Å². The topological polar surface area (TPSA) is 136 Å². The molecule has 2 amide bonds. The number of fused-ring (bicyclic) bond motifs is 1. The maximum Gasteiger partial charge on any atom is 2.00 e. The van der Waals surface area contributed by atoms with Gasteiger partial charge in [-0.3, -0.25) is 19.4 Å². The number of hydrogen-bond donors (Lipinski definition) is 3. The van der Waals surface area contributed by atoms with E-state index in [1.165, 1.54) is 37.4 Å². The Kier molecular flexibility index (Phi) is 9.94. The first kappa shape index (κ1) is 31.8. The summed E-state index contributed by atoms with van der Waals surface area (Å²) in [6.07, 6.45) is 2.13. The number of methoxy groups -OCH3 is 1. The van der Waals surface area contributed by atoms with Crippen LogP contribution in [0.25, 0.3) is 10.9 Å². The van der Waals surface area contributed by atoms with E-state index in [9.17, 15) is 18.8 Å². The van der Waals surface area contributed by atoms with Gasteiger partial charge in [0.05, 0.1) is 30.7 Å². The molecule has 0 aliphatic heterocycles. The minimum Gasteiger partial charge on any atom is -1.00 e. The third kappa shape index (κ3) is 7.27. The molecule has 0 bridgehead atoms. The van der Waals surface area contributed by atoms with Crippen molar-refractivity contribution in [3.05, 3.63) is 77.7 Å². The van der Waals surface area contributed by atoms with Crippen molar-refractivity contribution in [2.24, 2.45) is 5.41 Å². The fourth-order valence-corrected chi connectivity index (χ4v) is 4.45. The number of ether oxygens (including phenoxy) is 3. The number of amides is 2. The quantitative estimate of drug-likeness (QED) is 0.140. The van der Waals surface area contributed by atoms with Crippen LogP contribution < -0.4 is 24.8 Å². The average molecular weight is 620 g/mol. The van der Waals surface area contributed by atoms with Crippen molar-refractivity contribution in [2.75, 3.05) is 24.4 Å². The normalized spacial score (nSPS) is 12.9. The maximum absolute atomic E-state index is 13.2. The molecular formula is C30H27ClFMgN3O7. The van der Waals surface area contributed by atoms with Crippen LogP contribution in [0.2, 0.25) is 5.02 Å². The van der Waals surface area contributed by atoms with E-state index in [2.05, 4.69) is 15.6 Å². The first-order chi connectivity index (χ1) is 20.2. The van der Waals surface area contributed by atoms with E-state index in [-0.39, 0.29) is 44.0 Å². The Bertz CT molecular complexity index is 1690. The minimum absolute atomic E-state index is 0. The van der Waals surface area contributed by atoms with Gasteiger partial charge in [0, 0.05) is 29.0 Å². The zero-order valence-corrected chi connectivity index (χ0v) is 25.2. The molecule has 0 spiro atoms. The fraction of sp³-hybridized carbons (Fsp3) is 0.200. The molecule has 1 aliphatic carbocycles. The van der Waals surface area contributed by atoms with Gasteiger partial charge in [0.2, 0.25) is 11.8 Å². The molecule has 1 heterocycles. The number of aliphatic carboxylic acids is 1. The zero-order chi connectivity index (χ0) is 29.9. The predicted octanol–water partition coefficient (Wildman–Crippen LogP) is 5.88. The van der Waals surface area contributed by atoms with E-state index < -0.39 is 29.0 Å². The second-order valence-electron chi connectivity index (χ2n) is 9.57. The molecule has 1 aliphatic rings. The molecule has 0 unspecified atom stereocenters. The van der Waals surface area contributed by atoms with Gasteiger partial charge >= 0.3 is 29.0 Å². The van der Waals surface area contributed by atoms with E-state index in [0.29, 0.717) is 58.1 Å². The number of carbonyl (C=O) groups excluding carboxylic acids is 2. The Morgan fingerprint density at radius 2 is 1.63 bits per heavy atom. The Morgan fingerprint density at radius 3 is 2.26 bits per heavy atom. The van der Waals surface area contributed by atoms with Crippen molar-refractivity contribution in [3.8, 4) is 23.0 Å². The molecule has 4 aromatic rings. The molecule has 0 atom stereocenters. The summed E-state index contributed by atoms with van der Waals surface area (Å²) in [4.78, 5) is 41.0. The van der Waals surface area contributed by atoms with Gasteiger partial charge in [-0.15, -0.1) is 0 Å². The molecule has 5 rings (SSSR count). The standard InChI is InChI=1S/C30H25ClFN3O7.Mg.2H/c1-40-25-15-20-22(16-26(25)41-13-9-27(36)37)33-12-8-23(20)42-24-7-6-19(14-21(24)31)35-29(39)30(10-11-30)28(38)34-18-4-2-17(32)3-5-18;;;/h2-8,12,14-16H,9-11,13H2,1H3,(H,34,38)(H,35,39)(H,36,37);;;/q;+2;2*-1. The van der Waals surface area contributed by atoms with Gasteiger partial charge in [-0.2, -0.15) is 0 Å². The predicted molar refractivity (Wildman–Crippen MR) is 161 cm³/mol. The number of hydrogen-bond acceptors (Lipinski definition) is 7. The number of aromatic nitrogens is 1. The molecule has 43 heavy (non-hydrogen) atoms. The van der Waals surface area contributed by atoms with E-state index in [0.717, 1.165) is 0 Å². The number of halogens is 2. The van der Waals surface area contributed by atoms with Gasteiger partial charge in [0.15, 0.2) is 11.5 Å². The van der Waals surface area contributed by atoms with Crippen molar-refractivity contribution in [3.63, 3.8) is 0 Å². The van der Waals surface area contributed by atoms with Crippen molar-refractivity contribution in [1.29, 1.82) is 0 Å². The second kappa shape index (κ2) is 13.4. The van der Waals surface area contributed by atoms with Crippen LogP contribution in [0.1, 0.15) is 22.1 Å². The van der Waals surface area contributed by atoms with Crippen LogP contribution in [0.5, 0.6) is 23.0 Å². The smallest absolute Gasteiger partial charge is 1.00 e. The summed E-state index contributed by atoms with van der Waals surface area (Å²) in [7, 11) is 1.46. The van der Waals surface area contributed by atoms with Gasteiger partial charge < -0.3 is 32.8 Å². The Balaban J connectivity index is 0.00000235. The summed E-state index contributed by atoms with van der Waals surface area (Å²) in [5.74, 6) is -0.913. The van der Waals surface area contributed by atoms with Gasteiger partial charge in [-0.1, -0.05) is 11.6 Å². The van der Waals surface area contributed by atoms with Crippen LogP contribution in [0, 0.1) is 11.2 Å². The Morgan fingerprint density at radius 1 is 0.953 bits per heavy atom. The summed E-state index contributed by atoms with van der Waals surface area (Å²) in [5, 5.41) is 15.1.